The molecule has 0 aliphatic carbocycles. The van der Waals surface area contributed by atoms with Gasteiger partial charge < -0.3 is 4.74 Å². The molecule has 1 rings (SSSR count). The van der Waals surface area contributed by atoms with Gasteiger partial charge in [0.1, 0.15) is 0 Å². The van der Waals surface area contributed by atoms with E-state index >= 15 is 0 Å². The first-order valence-corrected chi connectivity index (χ1v) is 4.86. The molecule has 0 aliphatic heterocycles. The Morgan fingerprint density at radius 3 is 2.69 bits per heavy atom. The Balaban J connectivity index is 3.08. The molecule has 0 radical (unpaired) electrons. The molecule has 0 aromatic heterocycles. The maximum atomic E-state index is 11.3. The highest BCUT2D eigenvalue weighted by atomic mass is 16.5. The van der Waals surface area contributed by atoms with Crippen LogP contribution in [0.2, 0.25) is 0 Å². The number of methoxy groups -OCH3 is 1. The number of isocyanates is 1. The average molecular weight is 219 g/mol. The minimum atomic E-state index is -0.365. The quantitative estimate of drug-likeness (QED) is 0.444. The minimum absolute atomic E-state index is 0.247. The Morgan fingerprint density at radius 2 is 2.19 bits per heavy atom. The maximum absolute atomic E-state index is 11.3. The van der Waals surface area contributed by atoms with Crippen molar-refractivity contribution >= 4 is 12.0 Å². The number of hydrogen-bond donors (Lipinski definition) is 0. The molecule has 0 heterocycles. The summed E-state index contributed by atoms with van der Waals surface area (Å²) in [7, 11) is 1.34. The molecule has 0 bridgehead atoms. The third-order valence-electron chi connectivity index (χ3n) is 2.38. The number of esters is 1. The van der Waals surface area contributed by atoms with E-state index in [0.29, 0.717) is 5.56 Å². The van der Waals surface area contributed by atoms with Crippen LogP contribution in [0.15, 0.2) is 23.2 Å². The van der Waals surface area contributed by atoms with Crippen molar-refractivity contribution in [2.45, 2.75) is 19.9 Å². The fourth-order valence-electron chi connectivity index (χ4n) is 1.44. The van der Waals surface area contributed by atoms with Crippen LogP contribution in [0.1, 0.15) is 34.5 Å². The number of carbonyl (C=O) groups is 1. The van der Waals surface area contributed by atoms with Gasteiger partial charge in [-0.1, -0.05) is 12.1 Å². The van der Waals surface area contributed by atoms with Gasteiger partial charge in [0, 0.05) is 0 Å². The first-order chi connectivity index (χ1) is 7.60. The van der Waals surface area contributed by atoms with Crippen LogP contribution >= 0.6 is 0 Å². The van der Waals surface area contributed by atoms with E-state index < -0.39 is 0 Å². The topological polar surface area (TPSA) is 55.7 Å². The molecule has 1 aromatic carbocycles. The molecule has 0 spiro atoms. The molecule has 16 heavy (non-hydrogen) atoms. The van der Waals surface area contributed by atoms with Gasteiger partial charge >= 0.3 is 5.97 Å². The Kier molecular flexibility index (Phi) is 3.97. The van der Waals surface area contributed by atoms with Crippen LogP contribution in [0, 0.1) is 6.92 Å². The number of aliphatic imine (C=N–C) groups is 1. The Morgan fingerprint density at radius 1 is 1.50 bits per heavy atom. The molecular weight excluding hydrogens is 206 g/mol. The molecule has 0 saturated heterocycles. The van der Waals surface area contributed by atoms with E-state index in [1.807, 2.05) is 13.0 Å². The summed E-state index contributed by atoms with van der Waals surface area (Å²) in [4.78, 5) is 25.1. The lowest BCUT2D eigenvalue weighted by atomic mass is 10.0. The summed E-state index contributed by atoms with van der Waals surface area (Å²) in [5, 5.41) is 0. The highest BCUT2D eigenvalue weighted by Crippen LogP contribution is 2.20. The van der Waals surface area contributed by atoms with Gasteiger partial charge in [-0.2, -0.15) is 4.99 Å². The van der Waals surface area contributed by atoms with Crippen molar-refractivity contribution in [1.29, 1.82) is 0 Å². The molecule has 4 heteroatoms. The van der Waals surface area contributed by atoms with Gasteiger partial charge in [0.05, 0.1) is 18.7 Å². The molecule has 84 valence electrons. The zero-order chi connectivity index (χ0) is 12.1. The Labute approximate surface area is 94.0 Å². The van der Waals surface area contributed by atoms with Gasteiger partial charge in [0.25, 0.3) is 0 Å². The van der Waals surface area contributed by atoms with Crippen LogP contribution in [-0.4, -0.2) is 19.2 Å². The van der Waals surface area contributed by atoms with Crippen LogP contribution in [0.4, 0.5) is 0 Å². The number of ether oxygens (including phenoxy) is 1. The average Bonchev–Trinajstić information content (AvgIpc) is 2.28. The molecule has 1 aromatic rings. The van der Waals surface area contributed by atoms with Crippen molar-refractivity contribution in [1.82, 2.24) is 0 Å². The number of benzene rings is 1. The van der Waals surface area contributed by atoms with Crippen molar-refractivity contribution in [2.24, 2.45) is 4.99 Å². The highest BCUT2D eigenvalue weighted by Gasteiger charge is 2.11. The lowest BCUT2D eigenvalue weighted by molar-refractivity contribution is 0.0600. The first-order valence-electron chi connectivity index (χ1n) is 4.86. The summed E-state index contributed by atoms with van der Waals surface area (Å²) < 4.78 is 4.64. The maximum Gasteiger partial charge on any atom is 0.338 e. The molecule has 4 nitrogen and oxygen atoms in total. The van der Waals surface area contributed by atoms with Crippen LogP contribution in [0.5, 0.6) is 0 Å². The normalized spacial score (nSPS) is 11.4. The summed E-state index contributed by atoms with van der Waals surface area (Å²) in [5.74, 6) is -0.365. The molecule has 0 fully saturated rings. The minimum Gasteiger partial charge on any atom is -0.465 e. The fourth-order valence-corrected chi connectivity index (χ4v) is 1.44. The Bertz CT molecular complexity index is 448. The second kappa shape index (κ2) is 5.24. The fraction of sp³-hybridized carbons (Fsp3) is 0.333. The van der Waals surface area contributed by atoms with E-state index in [0.717, 1.165) is 11.1 Å². The number of aryl methyl sites for hydroxylation is 1. The zero-order valence-electron chi connectivity index (χ0n) is 9.48. The molecule has 0 amide bonds. The van der Waals surface area contributed by atoms with E-state index in [-0.39, 0.29) is 12.0 Å². The summed E-state index contributed by atoms with van der Waals surface area (Å²) >= 11 is 0. The van der Waals surface area contributed by atoms with E-state index in [1.54, 1.807) is 19.1 Å². The SMILES string of the molecule is COC(=O)c1ccc(C(C)N=C=O)cc1C. The lowest BCUT2D eigenvalue weighted by Crippen LogP contribution is -2.04. The third-order valence-corrected chi connectivity index (χ3v) is 2.38. The summed E-state index contributed by atoms with van der Waals surface area (Å²) in [6.07, 6.45) is 1.52. The van der Waals surface area contributed by atoms with Crippen molar-refractivity contribution < 1.29 is 14.3 Å². The molecule has 0 saturated carbocycles. The summed E-state index contributed by atoms with van der Waals surface area (Å²) in [6.45, 7) is 3.60. The number of hydrogen-bond acceptors (Lipinski definition) is 4. The number of rotatable bonds is 3. The van der Waals surface area contributed by atoms with Gasteiger partial charge in [-0.3, -0.25) is 0 Å². The monoisotopic (exact) mass is 219 g/mol. The van der Waals surface area contributed by atoms with Gasteiger partial charge in [0.15, 0.2) is 0 Å². The van der Waals surface area contributed by atoms with E-state index in [2.05, 4.69) is 9.73 Å². The molecule has 1 unspecified atom stereocenters. The second-order valence-electron chi connectivity index (χ2n) is 3.46. The van der Waals surface area contributed by atoms with Gasteiger partial charge in [-0.05, 0) is 31.0 Å². The van der Waals surface area contributed by atoms with Crippen LogP contribution in [0.3, 0.4) is 0 Å². The number of nitrogens with zero attached hydrogens (tertiary/aromatic N) is 1. The third kappa shape index (κ3) is 2.55. The second-order valence-corrected chi connectivity index (χ2v) is 3.46. The molecule has 0 aliphatic rings. The van der Waals surface area contributed by atoms with E-state index in [9.17, 15) is 9.59 Å². The van der Waals surface area contributed by atoms with Crippen LogP contribution in [-0.2, 0) is 9.53 Å². The molecule has 0 N–H and O–H groups in total. The predicted molar refractivity (Wildman–Crippen MR) is 59.1 cm³/mol. The van der Waals surface area contributed by atoms with E-state index in [1.165, 1.54) is 13.2 Å². The lowest BCUT2D eigenvalue weighted by Gasteiger charge is -2.08. The Hall–Kier alpha value is -1.93. The van der Waals surface area contributed by atoms with Crippen LogP contribution in [0.25, 0.3) is 0 Å². The smallest absolute Gasteiger partial charge is 0.338 e. The van der Waals surface area contributed by atoms with Gasteiger partial charge in [-0.15, -0.1) is 0 Å². The van der Waals surface area contributed by atoms with Crippen LogP contribution < -0.4 is 0 Å². The van der Waals surface area contributed by atoms with Gasteiger partial charge in [0.2, 0.25) is 6.08 Å². The summed E-state index contributed by atoms with van der Waals surface area (Å²) in [5.41, 5.74) is 2.19. The van der Waals surface area contributed by atoms with E-state index in [4.69, 9.17) is 0 Å². The molecule has 1 atom stereocenters. The standard InChI is InChI=1S/C12H13NO3/c1-8-6-10(9(2)13-7-14)4-5-11(8)12(15)16-3/h4-6,9H,1-3H3. The zero-order valence-corrected chi connectivity index (χ0v) is 9.48. The van der Waals surface area contributed by atoms with Crippen molar-refractivity contribution in [2.75, 3.05) is 7.11 Å². The number of carbonyl (C=O) groups excluding carboxylic acids is 2. The summed E-state index contributed by atoms with van der Waals surface area (Å²) in [6, 6.07) is 5.00. The highest BCUT2D eigenvalue weighted by molar-refractivity contribution is 5.91. The van der Waals surface area contributed by atoms with Crippen molar-refractivity contribution in [3.05, 3.63) is 34.9 Å². The molecular formula is C12H13NO3. The van der Waals surface area contributed by atoms with Gasteiger partial charge in [-0.25, -0.2) is 9.59 Å². The largest absolute Gasteiger partial charge is 0.465 e. The first kappa shape index (κ1) is 12.1. The van der Waals surface area contributed by atoms with Crippen molar-refractivity contribution in [3.8, 4) is 0 Å². The predicted octanol–water partition coefficient (Wildman–Crippen LogP) is 2.18. The van der Waals surface area contributed by atoms with Crippen molar-refractivity contribution in [3.63, 3.8) is 0 Å².